The van der Waals surface area contributed by atoms with E-state index in [2.05, 4.69) is 23.2 Å². The highest BCUT2D eigenvalue weighted by Gasteiger charge is 2.26. The first kappa shape index (κ1) is 13.0. The third-order valence-corrected chi connectivity index (χ3v) is 4.04. The third kappa shape index (κ3) is 2.25. The zero-order chi connectivity index (χ0) is 14.1. The van der Waals surface area contributed by atoms with E-state index in [9.17, 15) is 0 Å². The monoisotopic (exact) mass is 265 g/mol. The van der Waals surface area contributed by atoms with Gasteiger partial charge in [-0.05, 0) is 48.9 Å². The summed E-state index contributed by atoms with van der Waals surface area (Å²) in [7, 11) is 0. The molecule has 20 heavy (non-hydrogen) atoms. The van der Waals surface area contributed by atoms with Crippen molar-refractivity contribution in [2.75, 3.05) is 0 Å². The number of nitrogens with one attached hydrogen (secondary N) is 1. The number of aryl methyl sites for hydroxylation is 1. The van der Waals surface area contributed by atoms with Crippen LogP contribution >= 0.6 is 0 Å². The molecule has 1 atom stereocenters. The van der Waals surface area contributed by atoms with Gasteiger partial charge in [0.1, 0.15) is 0 Å². The van der Waals surface area contributed by atoms with Crippen molar-refractivity contribution < 1.29 is 0 Å². The Balaban J connectivity index is 2.00. The van der Waals surface area contributed by atoms with E-state index >= 15 is 0 Å². The summed E-state index contributed by atoms with van der Waals surface area (Å²) in [5.74, 6) is 0.323. The van der Waals surface area contributed by atoms with E-state index < -0.39 is 0 Å². The van der Waals surface area contributed by atoms with Gasteiger partial charge in [-0.15, -0.1) is 0 Å². The SMILES string of the molecule is Cc1ccc2c(n1)CC(c1ccccc1CN)CC2=N. The highest BCUT2D eigenvalue weighted by atomic mass is 14.7. The summed E-state index contributed by atoms with van der Waals surface area (Å²) in [5, 5.41) is 8.28. The summed E-state index contributed by atoms with van der Waals surface area (Å²) in [6.07, 6.45) is 1.67. The summed E-state index contributed by atoms with van der Waals surface area (Å²) in [4.78, 5) is 4.62. The van der Waals surface area contributed by atoms with Crippen LogP contribution in [0.1, 0.15) is 40.4 Å². The second-order valence-corrected chi connectivity index (χ2v) is 5.43. The zero-order valence-corrected chi connectivity index (χ0v) is 11.7. The lowest BCUT2D eigenvalue weighted by Crippen LogP contribution is -2.21. The van der Waals surface area contributed by atoms with E-state index in [0.717, 1.165) is 29.8 Å². The first-order valence-electron chi connectivity index (χ1n) is 7.01. The minimum Gasteiger partial charge on any atom is -0.326 e. The molecule has 0 radical (unpaired) electrons. The van der Waals surface area contributed by atoms with Crippen LogP contribution in [0, 0.1) is 12.3 Å². The molecule has 1 aromatic carbocycles. The summed E-state index contributed by atoms with van der Waals surface area (Å²) < 4.78 is 0. The number of hydrogen-bond acceptors (Lipinski definition) is 3. The van der Waals surface area contributed by atoms with E-state index in [-0.39, 0.29) is 0 Å². The lowest BCUT2D eigenvalue weighted by molar-refractivity contribution is 0.668. The van der Waals surface area contributed by atoms with Gasteiger partial charge in [0.05, 0.1) is 5.69 Å². The lowest BCUT2D eigenvalue weighted by Gasteiger charge is -2.26. The Hall–Kier alpha value is -2.00. The Labute approximate surface area is 119 Å². The Morgan fingerprint density at radius 1 is 1.20 bits per heavy atom. The van der Waals surface area contributed by atoms with E-state index in [4.69, 9.17) is 11.1 Å². The van der Waals surface area contributed by atoms with Crippen LogP contribution in [0.4, 0.5) is 0 Å². The molecule has 2 aromatic rings. The smallest absolute Gasteiger partial charge is 0.0503 e. The highest BCUT2D eigenvalue weighted by molar-refractivity contribution is 6.00. The molecule has 1 aromatic heterocycles. The van der Waals surface area contributed by atoms with Crippen LogP contribution in [0.2, 0.25) is 0 Å². The molecular weight excluding hydrogens is 246 g/mol. The molecule has 1 aliphatic rings. The zero-order valence-electron chi connectivity index (χ0n) is 11.7. The number of nitrogens with two attached hydrogens (primary N) is 1. The minimum absolute atomic E-state index is 0.323. The van der Waals surface area contributed by atoms with Crippen molar-refractivity contribution >= 4 is 5.71 Å². The van der Waals surface area contributed by atoms with Crippen LogP contribution in [0.5, 0.6) is 0 Å². The number of fused-ring (bicyclic) bond motifs is 1. The fourth-order valence-corrected chi connectivity index (χ4v) is 3.04. The topological polar surface area (TPSA) is 62.8 Å². The maximum Gasteiger partial charge on any atom is 0.0503 e. The van der Waals surface area contributed by atoms with Gasteiger partial charge in [0, 0.05) is 23.5 Å². The number of aromatic nitrogens is 1. The highest BCUT2D eigenvalue weighted by Crippen LogP contribution is 2.33. The normalized spacial score (nSPS) is 17.9. The Bertz CT molecular complexity index is 661. The quantitative estimate of drug-likeness (QED) is 0.877. The Morgan fingerprint density at radius 3 is 2.80 bits per heavy atom. The summed E-state index contributed by atoms with van der Waals surface area (Å²) >= 11 is 0. The van der Waals surface area contributed by atoms with Crippen molar-refractivity contribution in [1.82, 2.24) is 4.98 Å². The van der Waals surface area contributed by atoms with E-state index in [0.29, 0.717) is 18.2 Å². The van der Waals surface area contributed by atoms with Crippen molar-refractivity contribution in [2.45, 2.75) is 32.2 Å². The van der Waals surface area contributed by atoms with Crippen molar-refractivity contribution in [1.29, 1.82) is 5.41 Å². The van der Waals surface area contributed by atoms with E-state index in [1.54, 1.807) is 0 Å². The molecule has 0 bridgehead atoms. The maximum absolute atomic E-state index is 8.28. The largest absolute Gasteiger partial charge is 0.326 e. The van der Waals surface area contributed by atoms with Gasteiger partial charge in [0.25, 0.3) is 0 Å². The molecule has 1 heterocycles. The van der Waals surface area contributed by atoms with Crippen LogP contribution in [0.15, 0.2) is 36.4 Å². The Kier molecular flexibility index (Phi) is 3.36. The first-order valence-corrected chi connectivity index (χ1v) is 7.01. The van der Waals surface area contributed by atoms with Crippen molar-refractivity contribution in [3.8, 4) is 0 Å². The molecule has 0 fully saturated rings. The van der Waals surface area contributed by atoms with Crippen LogP contribution in [0.25, 0.3) is 0 Å². The van der Waals surface area contributed by atoms with Crippen molar-refractivity contribution in [2.24, 2.45) is 5.73 Å². The van der Waals surface area contributed by atoms with Gasteiger partial charge in [0.2, 0.25) is 0 Å². The van der Waals surface area contributed by atoms with Gasteiger partial charge in [-0.1, -0.05) is 24.3 Å². The number of benzene rings is 1. The van der Waals surface area contributed by atoms with Crippen LogP contribution in [-0.4, -0.2) is 10.7 Å². The average molecular weight is 265 g/mol. The third-order valence-electron chi connectivity index (χ3n) is 4.04. The fraction of sp³-hybridized carbons (Fsp3) is 0.294. The molecule has 0 spiro atoms. The molecule has 3 N–H and O–H groups in total. The summed E-state index contributed by atoms with van der Waals surface area (Å²) in [5.41, 5.74) is 12.1. The second kappa shape index (κ2) is 5.17. The van der Waals surface area contributed by atoms with Gasteiger partial charge in [-0.3, -0.25) is 4.98 Å². The number of rotatable bonds is 2. The predicted octanol–water partition coefficient (Wildman–Crippen LogP) is 2.95. The summed E-state index contributed by atoms with van der Waals surface area (Å²) in [6, 6.07) is 12.3. The Morgan fingerprint density at radius 2 is 2.00 bits per heavy atom. The predicted molar refractivity (Wildman–Crippen MR) is 81.2 cm³/mol. The van der Waals surface area contributed by atoms with Gasteiger partial charge >= 0.3 is 0 Å². The standard InChI is InChI=1S/C17H19N3/c1-11-6-7-15-16(19)8-13(9-17(15)20-11)14-5-3-2-4-12(14)10-18/h2-7,13,19H,8-10,18H2,1H3. The summed E-state index contributed by atoms with van der Waals surface area (Å²) in [6.45, 7) is 2.55. The molecular formula is C17H19N3. The fourth-order valence-electron chi connectivity index (χ4n) is 3.04. The number of pyridine rings is 1. The van der Waals surface area contributed by atoms with Crippen molar-refractivity contribution in [3.05, 3.63) is 64.5 Å². The van der Waals surface area contributed by atoms with Gasteiger partial charge in [-0.25, -0.2) is 0 Å². The van der Waals surface area contributed by atoms with Gasteiger partial charge < -0.3 is 11.1 Å². The molecule has 3 nitrogen and oxygen atoms in total. The molecule has 102 valence electrons. The lowest BCUT2D eigenvalue weighted by atomic mass is 9.79. The van der Waals surface area contributed by atoms with Crippen molar-refractivity contribution in [3.63, 3.8) is 0 Å². The van der Waals surface area contributed by atoms with E-state index in [1.807, 2.05) is 25.1 Å². The minimum atomic E-state index is 0.323. The van der Waals surface area contributed by atoms with Crippen LogP contribution in [-0.2, 0) is 13.0 Å². The van der Waals surface area contributed by atoms with Gasteiger partial charge in [-0.2, -0.15) is 0 Å². The second-order valence-electron chi connectivity index (χ2n) is 5.43. The number of nitrogens with zero attached hydrogens (tertiary/aromatic N) is 1. The molecule has 3 rings (SSSR count). The molecule has 1 aliphatic carbocycles. The molecule has 3 heteroatoms. The van der Waals surface area contributed by atoms with Crippen LogP contribution < -0.4 is 5.73 Å². The maximum atomic E-state index is 8.28. The van der Waals surface area contributed by atoms with Crippen LogP contribution in [0.3, 0.4) is 0 Å². The van der Waals surface area contributed by atoms with E-state index in [1.165, 1.54) is 11.1 Å². The molecule has 0 amide bonds. The first-order chi connectivity index (χ1) is 9.69. The average Bonchev–Trinajstić information content (AvgIpc) is 2.46. The number of hydrogen-bond donors (Lipinski definition) is 2. The molecule has 0 saturated heterocycles. The molecule has 0 aliphatic heterocycles. The van der Waals surface area contributed by atoms with Gasteiger partial charge in [0.15, 0.2) is 0 Å². The molecule has 0 saturated carbocycles. The molecule has 1 unspecified atom stereocenters.